The van der Waals surface area contributed by atoms with Crippen molar-refractivity contribution in [1.29, 1.82) is 0 Å². The average molecular weight is 356 g/mol. The third-order valence-corrected chi connectivity index (χ3v) is 6.45. The summed E-state index contributed by atoms with van der Waals surface area (Å²) in [7, 11) is 0. The lowest BCUT2D eigenvalue weighted by molar-refractivity contribution is -0.142. The van der Waals surface area contributed by atoms with E-state index in [4.69, 9.17) is 4.74 Å². The van der Waals surface area contributed by atoms with E-state index in [2.05, 4.69) is 34.5 Å². The number of rotatable bonds is 6. The molecule has 25 heavy (non-hydrogen) atoms. The van der Waals surface area contributed by atoms with E-state index in [0.29, 0.717) is 25.2 Å². The van der Waals surface area contributed by atoms with Gasteiger partial charge in [-0.1, -0.05) is 36.4 Å². The molecular weight excluding hydrogens is 330 g/mol. The fourth-order valence-corrected chi connectivity index (χ4v) is 4.60. The summed E-state index contributed by atoms with van der Waals surface area (Å²) in [6.07, 6.45) is 4.84. The third-order valence-electron chi connectivity index (χ3n) is 5.51. The van der Waals surface area contributed by atoms with E-state index in [1.54, 1.807) is 11.3 Å². The molecule has 2 aromatic rings. The number of ether oxygens (including phenoxy) is 1. The first-order valence-corrected chi connectivity index (χ1v) is 10.1. The van der Waals surface area contributed by atoms with Crippen LogP contribution in [0.3, 0.4) is 0 Å². The number of hydrogen-bond donors (Lipinski definition) is 0. The number of hydrogen-bond acceptors (Lipinski definition) is 3. The van der Waals surface area contributed by atoms with Gasteiger partial charge in [0.15, 0.2) is 0 Å². The summed E-state index contributed by atoms with van der Waals surface area (Å²) in [5.41, 5.74) is 0.752. The fraction of sp³-hybridized carbons (Fsp3) is 0.476. The summed E-state index contributed by atoms with van der Waals surface area (Å²) in [5, 5.41) is 2.11. The Morgan fingerprint density at radius 2 is 1.88 bits per heavy atom. The summed E-state index contributed by atoms with van der Waals surface area (Å²) in [4.78, 5) is 17.3. The first-order valence-electron chi connectivity index (χ1n) is 9.26. The predicted octanol–water partition coefficient (Wildman–Crippen LogP) is 4.03. The second-order valence-corrected chi connectivity index (χ2v) is 8.15. The van der Waals surface area contributed by atoms with Gasteiger partial charge in [0.05, 0.1) is 5.41 Å². The first kappa shape index (κ1) is 16.8. The molecule has 1 aromatic carbocycles. The van der Waals surface area contributed by atoms with Crippen molar-refractivity contribution in [3.63, 3.8) is 0 Å². The summed E-state index contributed by atoms with van der Waals surface area (Å²) in [5.74, 6) is 0.320. The van der Waals surface area contributed by atoms with Crippen LogP contribution in [0.2, 0.25) is 0 Å². The largest absolute Gasteiger partial charge is 0.381 e. The molecule has 1 aromatic heterocycles. The van der Waals surface area contributed by atoms with Crippen LogP contribution >= 0.6 is 11.3 Å². The monoisotopic (exact) mass is 355 g/mol. The van der Waals surface area contributed by atoms with Gasteiger partial charge in [0.25, 0.3) is 0 Å². The fourth-order valence-electron chi connectivity index (χ4n) is 3.90. The molecule has 0 spiro atoms. The lowest BCUT2D eigenvalue weighted by Gasteiger charge is -2.40. The minimum Gasteiger partial charge on any atom is -0.381 e. The van der Waals surface area contributed by atoms with Gasteiger partial charge >= 0.3 is 0 Å². The summed E-state index contributed by atoms with van der Waals surface area (Å²) >= 11 is 1.78. The van der Waals surface area contributed by atoms with Gasteiger partial charge in [-0.25, -0.2) is 0 Å². The number of thiophene rings is 1. The Bertz CT molecular complexity index is 688. The highest BCUT2D eigenvalue weighted by Crippen LogP contribution is 2.40. The molecule has 4 heteroatoms. The van der Waals surface area contributed by atoms with E-state index in [0.717, 1.165) is 44.2 Å². The Kier molecular flexibility index (Phi) is 4.91. The minimum atomic E-state index is -0.405. The molecule has 0 N–H and O–H groups in total. The van der Waals surface area contributed by atoms with E-state index in [1.807, 2.05) is 18.2 Å². The Hall–Kier alpha value is -1.65. The zero-order valence-corrected chi connectivity index (χ0v) is 15.3. The Morgan fingerprint density at radius 1 is 1.12 bits per heavy atom. The molecule has 1 aliphatic heterocycles. The number of carbonyl (C=O) groups excluding carboxylic acids is 1. The second-order valence-electron chi connectivity index (χ2n) is 7.12. The standard InChI is InChI=1S/C21H25NO2S/c23-20(22(18-8-9-18)13-10-19-7-4-16-25-19)21(11-14-24-15-12-21)17-5-2-1-3-6-17/h1-7,16,18H,8-15H2. The van der Waals surface area contributed by atoms with E-state index in [1.165, 1.54) is 4.88 Å². The number of nitrogens with zero attached hydrogens (tertiary/aromatic N) is 1. The maximum Gasteiger partial charge on any atom is 0.233 e. The maximum atomic E-state index is 13.7. The molecule has 0 radical (unpaired) electrons. The van der Waals surface area contributed by atoms with Crippen molar-refractivity contribution in [2.75, 3.05) is 19.8 Å². The van der Waals surface area contributed by atoms with Gasteiger partial charge in [0.2, 0.25) is 5.91 Å². The quantitative estimate of drug-likeness (QED) is 0.783. The topological polar surface area (TPSA) is 29.5 Å². The van der Waals surface area contributed by atoms with Gasteiger partial charge in [0, 0.05) is 30.7 Å². The van der Waals surface area contributed by atoms with E-state index < -0.39 is 5.41 Å². The first-order chi connectivity index (χ1) is 12.3. The lowest BCUT2D eigenvalue weighted by atomic mass is 9.73. The van der Waals surface area contributed by atoms with Crippen LogP contribution in [0, 0.1) is 0 Å². The SMILES string of the molecule is O=C(N(CCc1cccs1)C1CC1)C1(c2ccccc2)CCOCC1. The smallest absolute Gasteiger partial charge is 0.233 e. The normalized spacial score (nSPS) is 19.5. The van der Waals surface area contributed by atoms with Crippen LogP contribution < -0.4 is 0 Å². The molecule has 2 fully saturated rings. The second kappa shape index (κ2) is 7.30. The van der Waals surface area contributed by atoms with Crippen molar-refractivity contribution in [2.45, 2.75) is 43.6 Å². The van der Waals surface area contributed by atoms with Crippen molar-refractivity contribution < 1.29 is 9.53 Å². The van der Waals surface area contributed by atoms with Crippen molar-refractivity contribution in [3.8, 4) is 0 Å². The van der Waals surface area contributed by atoms with Crippen LogP contribution in [0.5, 0.6) is 0 Å². The molecule has 4 rings (SSSR count). The Morgan fingerprint density at radius 3 is 2.52 bits per heavy atom. The third kappa shape index (κ3) is 3.51. The molecule has 3 nitrogen and oxygen atoms in total. The molecule has 0 atom stereocenters. The summed E-state index contributed by atoms with van der Waals surface area (Å²) < 4.78 is 5.60. The van der Waals surface area contributed by atoms with Crippen LogP contribution in [0.1, 0.15) is 36.1 Å². The summed E-state index contributed by atoms with van der Waals surface area (Å²) in [6.45, 7) is 2.17. The van der Waals surface area contributed by atoms with Gasteiger partial charge in [-0.05, 0) is 49.1 Å². The van der Waals surface area contributed by atoms with Gasteiger partial charge in [0.1, 0.15) is 0 Å². The van der Waals surface area contributed by atoms with Gasteiger partial charge < -0.3 is 9.64 Å². The predicted molar refractivity (Wildman–Crippen MR) is 101 cm³/mol. The van der Waals surface area contributed by atoms with E-state index in [9.17, 15) is 4.79 Å². The van der Waals surface area contributed by atoms with Gasteiger partial charge in [-0.3, -0.25) is 4.79 Å². The van der Waals surface area contributed by atoms with Gasteiger partial charge in [-0.15, -0.1) is 11.3 Å². The van der Waals surface area contributed by atoms with Crippen LogP contribution in [0.15, 0.2) is 47.8 Å². The molecular formula is C21H25NO2S. The number of carbonyl (C=O) groups is 1. The van der Waals surface area contributed by atoms with Crippen LogP contribution in [-0.4, -0.2) is 36.6 Å². The highest BCUT2D eigenvalue weighted by atomic mass is 32.1. The average Bonchev–Trinajstić information content (AvgIpc) is 3.37. The Labute approximate surface area is 153 Å². The van der Waals surface area contributed by atoms with E-state index in [-0.39, 0.29) is 0 Å². The Balaban J connectivity index is 1.59. The molecule has 1 saturated heterocycles. The van der Waals surface area contributed by atoms with E-state index >= 15 is 0 Å². The molecule has 1 aliphatic carbocycles. The van der Waals surface area contributed by atoms with Crippen LogP contribution in [0.25, 0.3) is 0 Å². The van der Waals surface area contributed by atoms with Crippen molar-refractivity contribution >= 4 is 17.2 Å². The molecule has 0 unspecified atom stereocenters. The molecule has 2 aliphatic rings. The molecule has 1 amide bonds. The van der Waals surface area contributed by atoms with Crippen molar-refractivity contribution in [1.82, 2.24) is 4.90 Å². The van der Waals surface area contributed by atoms with Crippen molar-refractivity contribution in [3.05, 3.63) is 58.3 Å². The van der Waals surface area contributed by atoms with Crippen LogP contribution in [-0.2, 0) is 21.4 Å². The molecule has 132 valence electrons. The zero-order chi connectivity index (χ0) is 17.1. The van der Waals surface area contributed by atoms with Gasteiger partial charge in [-0.2, -0.15) is 0 Å². The number of amides is 1. The zero-order valence-electron chi connectivity index (χ0n) is 14.5. The maximum absolute atomic E-state index is 13.7. The molecule has 1 saturated carbocycles. The van der Waals surface area contributed by atoms with Crippen LogP contribution in [0.4, 0.5) is 0 Å². The number of benzene rings is 1. The molecule has 2 heterocycles. The molecule has 0 bridgehead atoms. The minimum absolute atomic E-state index is 0.320. The summed E-state index contributed by atoms with van der Waals surface area (Å²) in [6, 6.07) is 15.1. The highest BCUT2D eigenvalue weighted by molar-refractivity contribution is 7.09. The lowest BCUT2D eigenvalue weighted by Crippen LogP contribution is -2.51. The highest BCUT2D eigenvalue weighted by Gasteiger charge is 2.47. The van der Waals surface area contributed by atoms with Crippen molar-refractivity contribution in [2.24, 2.45) is 0 Å².